The first kappa shape index (κ1) is 20.5. The molecule has 0 atom stereocenters. The molecule has 3 aromatic carbocycles. The molecule has 0 fully saturated rings. The normalized spacial score (nSPS) is 11.1. The maximum Gasteiger partial charge on any atom is 0.262 e. The van der Waals surface area contributed by atoms with Crippen LogP contribution in [0.4, 0.5) is 10.1 Å². The van der Waals surface area contributed by atoms with Gasteiger partial charge in [-0.3, -0.25) is 9.63 Å². The zero-order valence-electron chi connectivity index (χ0n) is 15.0. The highest BCUT2D eigenvalue weighted by Gasteiger charge is 2.15. The highest BCUT2D eigenvalue weighted by molar-refractivity contribution is 7.89. The summed E-state index contributed by atoms with van der Waals surface area (Å²) in [5.41, 5.74) is 0.486. The minimum absolute atomic E-state index is 0.187. The molecule has 3 aromatic rings. The van der Waals surface area contributed by atoms with E-state index in [0.29, 0.717) is 17.2 Å². The van der Waals surface area contributed by atoms with Gasteiger partial charge < -0.3 is 10.1 Å². The van der Waals surface area contributed by atoms with Crippen molar-refractivity contribution in [3.8, 4) is 11.5 Å². The maximum absolute atomic E-state index is 12.9. The number of hydrogen-bond donors (Lipinski definition) is 2. The molecule has 0 aliphatic rings. The standard InChI is InChI=1S/C20H17FN2O5S/c21-15-6-12-19(13-7-15)29(25,26)23-27-14-20(24)22-16-8-10-18(11-9-16)28-17-4-2-1-3-5-17/h1-13,23H,14H2,(H,22,24). The fourth-order valence-electron chi connectivity index (χ4n) is 2.26. The van der Waals surface area contributed by atoms with Crippen molar-refractivity contribution in [2.45, 2.75) is 4.90 Å². The Kier molecular flexibility index (Phi) is 6.55. The summed E-state index contributed by atoms with van der Waals surface area (Å²) in [4.78, 5) is 18.3. The molecular formula is C20H17FN2O5S. The SMILES string of the molecule is O=C(CONS(=O)(=O)c1ccc(F)cc1)Nc1ccc(Oc2ccccc2)cc1. The Morgan fingerprint density at radius 2 is 1.48 bits per heavy atom. The van der Waals surface area contributed by atoms with E-state index in [0.717, 1.165) is 24.3 Å². The van der Waals surface area contributed by atoms with Gasteiger partial charge in [0.2, 0.25) is 0 Å². The molecule has 0 aliphatic heterocycles. The predicted octanol–water partition coefficient (Wildman–Crippen LogP) is 3.47. The molecule has 0 saturated heterocycles. The van der Waals surface area contributed by atoms with Crippen LogP contribution in [0.1, 0.15) is 0 Å². The molecular weight excluding hydrogens is 399 g/mol. The summed E-state index contributed by atoms with van der Waals surface area (Å²) in [5.74, 6) is 0.150. The van der Waals surface area contributed by atoms with Crippen molar-refractivity contribution in [3.05, 3.63) is 84.7 Å². The minimum atomic E-state index is -4.02. The Morgan fingerprint density at radius 1 is 0.862 bits per heavy atom. The predicted molar refractivity (Wildman–Crippen MR) is 104 cm³/mol. The van der Waals surface area contributed by atoms with Crippen LogP contribution in [-0.2, 0) is 19.7 Å². The maximum atomic E-state index is 12.9. The van der Waals surface area contributed by atoms with Crippen LogP contribution in [0.25, 0.3) is 0 Å². The second-order valence-corrected chi connectivity index (χ2v) is 7.46. The first-order chi connectivity index (χ1) is 13.9. The Bertz CT molecular complexity index is 1060. The van der Waals surface area contributed by atoms with E-state index in [1.807, 2.05) is 35.2 Å². The molecule has 0 bridgehead atoms. The van der Waals surface area contributed by atoms with Crippen LogP contribution in [0.2, 0.25) is 0 Å². The smallest absolute Gasteiger partial charge is 0.262 e. The van der Waals surface area contributed by atoms with E-state index in [1.54, 1.807) is 24.3 Å². The number of nitrogens with one attached hydrogen (secondary N) is 2. The molecule has 0 radical (unpaired) electrons. The first-order valence-electron chi connectivity index (χ1n) is 8.44. The summed E-state index contributed by atoms with van der Waals surface area (Å²) < 4.78 is 42.5. The number of ether oxygens (including phenoxy) is 1. The van der Waals surface area contributed by atoms with Crippen molar-refractivity contribution in [1.82, 2.24) is 4.89 Å². The largest absolute Gasteiger partial charge is 0.457 e. The highest BCUT2D eigenvalue weighted by Crippen LogP contribution is 2.22. The van der Waals surface area contributed by atoms with Crippen LogP contribution >= 0.6 is 0 Å². The second kappa shape index (κ2) is 9.28. The molecule has 0 spiro atoms. The van der Waals surface area contributed by atoms with Gasteiger partial charge in [-0.25, -0.2) is 12.8 Å². The number of para-hydroxylation sites is 1. The lowest BCUT2D eigenvalue weighted by Crippen LogP contribution is -2.29. The Balaban J connectivity index is 1.47. The van der Waals surface area contributed by atoms with Crippen LogP contribution in [-0.4, -0.2) is 20.9 Å². The number of amides is 1. The van der Waals surface area contributed by atoms with Crippen molar-refractivity contribution < 1.29 is 27.2 Å². The van der Waals surface area contributed by atoms with Gasteiger partial charge in [0.15, 0.2) is 0 Å². The third-order valence-corrected chi connectivity index (χ3v) is 4.84. The van der Waals surface area contributed by atoms with Gasteiger partial charge in [0.05, 0.1) is 4.90 Å². The Hall–Kier alpha value is -3.27. The first-order valence-corrected chi connectivity index (χ1v) is 9.93. The van der Waals surface area contributed by atoms with E-state index in [4.69, 9.17) is 9.57 Å². The van der Waals surface area contributed by atoms with Gasteiger partial charge in [0, 0.05) is 5.69 Å². The molecule has 0 saturated carbocycles. The molecule has 3 rings (SSSR count). The van der Waals surface area contributed by atoms with Crippen molar-refractivity contribution in [2.24, 2.45) is 0 Å². The number of carbonyl (C=O) groups is 1. The molecule has 0 heterocycles. The minimum Gasteiger partial charge on any atom is -0.457 e. The van der Waals surface area contributed by atoms with Crippen LogP contribution in [0, 0.1) is 5.82 Å². The number of sulfonamides is 1. The number of carbonyl (C=O) groups excluding carboxylic acids is 1. The van der Waals surface area contributed by atoms with E-state index < -0.39 is 28.4 Å². The average molecular weight is 416 g/mol. The molecule has 2 N–H and O–H groups in total. The molecule has 7 nitrogen and oxygen atoms in total. The Morgan fingerprint density at radius 3 is 2.14 bits per heavy atom. The molecule has 1 amide bonds. The number of anilines is 1. The third-order valence-electron chi connectivity index (χ3n) is 3.61. The fraction of sp³-hybridized carbons (Fsp3) is 0.0500. The number of rotatable bonds is 8. The summed E-state index contributed by atoms with van der Waals surface area (Å²) >= 11 is 0. The molecule has 0 aromatic heterocycles. The van der Waals surface area contributed by atoms with Crippen molar-refractivity contribution >= 4 is 21.6 Å². The fourth-order valence-corrected chi connectivity index (χ4v) is 3.07. The second-order valence-electron chi connectivity index (χ2n) is 5.82. The van der Waals surface area contributed by atoms with Crippen LogP contribution in [0.15, 0.2) is 83.8 Å². The van der Waals surface area contributed by atoms with Crippen molar-refractivity contribution in [2.75, 3.05) is 11.9 Å². The van der Waals surface area contributed by atoms with E-state index in [1.165, 1.54) is 0 Å². The van der Waals surface area contributed by atoms with E-state index in [2.05, 4.69) is 5.32 Å². The van der Waals surface area contributed by atoms with Gasteiger partial charge in [-0.2, -0.15) is 0 Å². The zero-order valence-corrected chi connectivity index (χ0v) is 15.9. The van der Waals surface area contributed by atoms with E-state index in [9.17, 15) is 17.6 Å². The monoisotopic (exact) mass is 416 g/mol. The topological polar surface area (TPSA) is 93.7 Å². The highest BCUT2D eigenvalue weighted by atomic mass is 32.2. The lowest BCUT2D eigenvalue weighted by atomic mass is 10.3. The average Bonchev–Trinajstić information content (AvgIpc) is 2.70. The van der Waals surface area contributed by atoms with Crippen LogP contribution in [0.3, 0.4) is 0 Å². The number of hydrogen-bond acceptors (Lipinski definition) is 5. The summed E-state index contributed by atoms with van der Waals surface area (Å²) in [7, 11) is -4.02. The molecule has 150 valence electrons. The molecule has 0 unspecified atom stereocenters. The number of benzene rings is 3. The lowest BCUT2D eigenvalue weighted by Gasteiger charge is -2.09. The lowest BCUT2D eigenvalue weighted by molar-refractivity contribution is -0.121. The summed E-state index contributed by atoms with van der Waals surface area (Å²) in [6.07, 6.45) is 0. The quantitative estimate of drug-likeness (QED) is 0.549. The summed E-state index contributed by atoms with van der Waals surface area (Å²) in [5, 5.41) is 2.56. The molecule has 9 heteroatoms. The van der Waals surface area contributed by atoms with Crippen molar-refractivity contribution in [3.63, 3.8) is 0 Å². The molecule has 0 aliphatic carbocycles. The number of halogens is 1. The van der Waals surface area contributed by atoms with Gasteiger partial charge >= 0.3 is 0 Å². The van der Waals surface area contributed by atoms with Gasteiger partial charge in [-0.05, 0) is 60.7 Å². The van der Waals surface area contributed by atoms with Crippen molar-refractivity contribution in [1.29, 1.82) is 0 Å². The van der Waals surface area contributed by atoms with Gasteiger partial charge in [0.25, 0.3) is 15.9 Å². The molecule has 29 heavy (non-hydrogen) atoms. The zero-order chi connectivity index (χ0) is 20.7. The van der Waals surface area contributed by atoms with Gasteiger partial charge in [-0.1, -0.05) is 23.1 Å². The van der Waals surface area contributed by atoms with Crippen LogP contribution < -0.4 is 14.9 Å². The third kappa shape index (κ3) is 6.11. The summed E-state index contributed by atoms with van der Waals surface area (Å²) in [6, 6.07) is 20.0. The van der Waals surface area contributed by atoms with Gasteiger partial charge in [0.1, 0.15) is 23.9 Å². The van der Waals surface area contributed by atoms with Crippen LogP contribution in [0.5, 0.6) is 11.5 Å². The van der Waals surface area contributed by atoms with Gasteiger partial charge in [-0.15, -0.1) is 0 Å². The van der Waals surface area contributed by atoms with E-state index >= 15 is 0 Å². The van der Waals surface area contributed by atoms with E-state index in [-0.39, 0.29) is 4.90 Å². The summed E-state index contributed by atoms with van der Waals surface area (Å²) in [6.45, 7) is -0.553. The Labute approximate surface area is 167 Å².